The van der Waals surface area contributed by atoms with E-state index >= 15 is 0 Å². The number of likely N-dealkylation sites (N-methyl/N-ethyl adjacent to an activating group) is 1. The van der Waals surface area contributed by atoms with Gasteiger partial charge in [0.2, 0.25) is 5.91 Å². The molecule has 5 nitrogen and oxygen atoms in total. The van der Waals surface area contributed by atoms with E-state index in [-0.39, 0.29) is 18.5 Å². The van der Waals surface area contributed by atoms with Gasteiger partial charge in [0.25, 0.3) is 0 Å². The lowest BCUT2D eigenvalue weighted by Crippen LogP contribution is -2.39. The standard InChI is InChI=1S/C12H20N4O/c1-9(2)15-11(17)8-16(3)12-10(7-13)5-4-6-14-12/h4-6,9H,7-8,13H2,1-3H3,(H,15,17). The van der Waals surface area contributed by atoms with E-state index in [1.807, 2.05) is 33.0 Å². The van der Waals surface area contributed by atoms with Crippen LogP contribution >= 0.6 is 0 Å². The van der Waals surface area contributed by atoms with Gasteiger partial charge in [0.1, 0.15) is 5.82 Å². The molecule has 0 spiro atoms. The number of carbonyl (C=O) groups is 1. The topological polar surface area (TPSA) is 71.2 Å². The molecular formula is C12H20N4O. The molecule has 0 fully saturated rings. The molecule has 0 aliphatic rings. The lowest BCUT2D eigenvalue weighted by atomic mass is 10.2. The Labute approximate surface area is 102 Å². The molecule has 0 aliphatic heterocycles. The molecule has 1 rings (SSSR count). The highest BCUT2D eigenvalue weighted by molar-refractivity contribution is 5.81. The second kappa shape index (κ2) is 6.20. The van der Waals surface area contributed by atoms with Crippen molar-refractivity contribution >= 4 is 11.7 Å². The van der Waals surface area contributed by atoms with Crippen LogP contribution in [0.1, 0.15) is 19.4 Å². The molecule has 0 radical (unpaired) electrons. The third-order valence-electron chi connectivity index (χ3n) is 2.28. The quantitative estimate of drug-likeness (QED) is 0.781. The summed E-state index contributed by atoms with van der Waals surface area (Å²) in [6.45, 7) is 4.56. The molecule has 0 atom stereocenters. The van der Waals surface area contributed by atoms with Crippen molar-refractivity contribution in [2.45, 2.75) is 26.4 Å². The fourth-order valence-corrected chi connectivity index (χ4v) is 1.59. The minimum atomic E-state index is -0.0175. The molecular weight excluding hydrogens is 216 g/mol. The summed E-state index contributed by atoms with van der Waals surface area (Å²) >= 11 is 0. The Morgan fingerprint density at radius 2 is 2.29 bits per heavy atom. The first-order chi connectivity index (χ1) is 8.04. The normalized spacial score (nSPS) is 10.4. The van der Waals surface area contributed by atoms with Crippen LogP contribution in [0.25, 0.3) is 0 Å². The first kappa shape index (κ1) is 13.4. The first-order valence-electron chi connectivity index (χ1n) is 5.69. The van der Waals surface area contributed by atoms with E-state index in [1.165, 1.54) is 0 Å². The van der Waals surface area contributed by atoms with Gasteiger partial charge in [0, 0.05) is 31.4 Å². The number of pyridine rings is 1. The Kier molecular flexibility index (Phi) is 4.90. The van der Waals surface area contributed by atoms with Crippen LogP contribution in [0.3, 0.4) is 0 Å². The summed E-state index contributed by atoms with van der Waals surface area (Å²) in [7, 11) is 1.83. The van der Waals surface area contributed by atoms with Gasteiger partial charge in [-0.15, -0.1) is 0 Å². The summed E-state index contributed by atoms with van der Waals surface area (Å²) in [5.74, 6) is 0.741. The maximum Gasteiger partial charge on any atom is 0.239 e. The van der Waals surface area contributed by atoms with Gasteiger partial charge in [-0.2, -0.15) is 0 Å². The van der Waals surface area contributed by atoms with Crippen LogP contribution in [0.4, 0.5) is 5.82 Å². The monoisotopic (exact) mass is 236 g/mol. The maximum absolute atomic E-state index is 11.6. The zero-order valence-electron chi connectivity index (χ0n) is 10.6. The Balaban J connectivity index is 2.69. The van der Waals surface area contributed by atoms with Gasteiger partial charge in [-0.05, 0) is 19.9 Å². The van der Waals surface area contributed by atoms with Crippen molar-refractivity contribution in [1.82, 2.24) is 10.3 Å². The smallest absolute Gasteiger partial charge is 0.239 e. The number of nitrogens with zero attached hydrogens (tertiary/aromatic N) is 2. The van der Waals surface area contributed by atoms with Gasteiger partial charge in [-0.3, -0.25) is 4.79 Å². The van der Waals surface area contributed by atoms with Crippen LogP contribution in [-0.4, -0.2) is 30.5 Å². The van der Waals surface area contributed by atoms with Gasteiger partial charge in [-0.1, -0.05) is 6.07 Å². The molecule has 1 aromatic heterocycles. The predicted octanol–water partition coefficient (Wildman–Crippen LogP) is 0.501. The summed E-state index contributed by atoms with van der Waals surface area (Å²) in [5.41, 5.74) is 6.57. The van der Waals surface area contributed by atoms with Gasteiger partial charge < -0.3 is 16.0 Å². The molecule has 5 heteroatoms. The number of rotatable bonds is 5. The summed E-state index contributed by atoms with van der Waals surface area (Å²) in [4.78, 5) is 17.7. The molecule has 0 saturated heterocycles. The summed E-state index contributed by atoms with van der Waals surface area (Å²) in [6.07, 6.45) is 1.70. The van der Waals surface area contributed by atoms with Crippen LogP contribution < -0.4 is 16.0 Å². The summed E-state index contributed by atoms with van der Waals surface area (Å²) < 4.78 is 0. The average molecular weight is 236 g/mol. The molecule has 1 aromatic rings. The minimum absolute atomic E-state index is 0.0175. The molecule has 3 N–H and O–H groups in total. The SMILES string of the molecule is CC(C)NC(=O)CN(C)c1ncccc1CN. The van der Waals surface area contributed by atoms with Gasteiger partial charge in [0.05, 0.1) is 6.54 Å². The minimum Gasteiger partial charge on any atom is -0.352 e. The molecule has 0 aromatic carbocycles. The molecule has 0 saturated carbocycles. The van der Waals surface area contributed by atoms with Crippen molar-refractivity contribution < 1.29 is 4.79 Å². The van der Waals surface area contributed by atoms with E-state index in [9.17, 15) is 4.79 Å². The Hall–Kier alpha value is -1.62. The lowest BCUT2D eigenvalue weighted by molar-refractivity contribution is -0.120. The average Bonchev–Trinajstić information content (AvgIpc) is 2.27. The van der Waals surface area contributed by atoms with E-state index < -0.39 is 0 Å². The van der Waals surface area contributed by atoms with Gasteiger partial charge >= 0.3 is 0 Å². The summed E-state index contributed by atoms with van der Waals surface area (Å²) in [5, 5.41) is 2.84. The number of hydrogen-bond acceptors (Lipinski definition) is 4. The second-order valence-corrected chi connectivity index (χ2v) is 4.27. The zero-order valence-corrected chi connectivity index (χ0v) is 10.6. The van der Waals surface area contributed by atoms with E-state index in [1.54, 1.807) is 11.1 Å². The van der Waals surface area contributed by atoms with Gasteiger partial charge in [0.15, 0.2) is 0 Å². The Morgan fingerprint density at radius 3 is 2.88 bits per heavy atom. The Bertz CT molecular complexity index is 379. The molecule has 1 heterocycles. The zero-order chi connectivity index (χ0) is 12.8. The van der Waals surface area contributed by atoms with Crippen molar-refractivity contribution in [3.63, 3.8) is 0 Å². The van der Waals surface area contributed by atoms with E-state index in [0.717, 1.165) is 11.4 Å². The van der Waals surface area contributed by atoms with Gasteiger partial charge in [-0.25, -0.2) is 4.98 Å². The van der Waals surface area contributed by atoms with Crippen molar-refractivity contribution in [2.75, 3.05) is 18.5 Å². The molecule has 0 bridgehead atoms. The fourth-order valence-electron chi connectivity index (χ4n) is 1.59. The number of carbonyl (C=O) groups excluding carboxylic acids is 1. The largest absolute Gasteiger partial charge is 0.352 e. The van der Waals surface area contributed by atoms with Crippen LogP contribution in [0, 0.1) is 0 Å². The van der Waals surface area contributed by atoms with Crippen molar-refractivity contribution in [2.24, 2.45) is 5.73 Å². The molecule has 0 unspecified atom stereocenters. The highest BCUT2D eigenvalue weighted by Crippen LogP contribution is 2.14. The van der Waals surface area contributed by atoms with Crippen LogP contribution in [0.2, 0.25) is 0 Å². The molecule has 1 amide bonds. The number of nitrogens with one attached hydrogen (secondary N) is 1. The number of anilines is 1. The van der Waals surface area contributed by atoms with E-state index in [0.29, 0.717) is 6.54 Å². The second-order valence-electron chi connectivity index (χ2n) is 4.27. The third-order valence-corrected chi connectivity index (χ3v) is 2.28. The molecule has 17 heavy (non-hydrogen) atoms. The predicted molar refractivity (Wildman–Crippen MR) is 68.7 cm³/mol. The highest BCUT2D eigenvalue weighted by Gasteiger charge is 2.11. The third kappa shape index (κ3) is 4.03. The van der Waals surface area contributed by atoms with Crippen LogP contribution in [-0.2, 0) is 11.3 Å². The number of aromatic nitrogens is 1. The number of nitrogens with two attached hydrogens (primary N) is 1. The van der Waals surface area contributed by atoms with Crippen molar-refractivity contribution in [3.8, 4) is 0 Å². The number of amides is 1. The van der Waals surface area contributed by atoms with E-state index in [2.05, 4.69) is 10.3 Å². The number of hydrogen-bond donors (Lipinski definition) is 2. The highest BCUT2D eigenvalue weighted by atomic mass is 16.2. The first-order valence-corrected chi connectivity index (χ1v) is 5.69. The molecule has 94 valence electrons. The summed E-state index contributed by atoms with van der Waals surface area (Å²) in [6, 6.07) is 3.90. The fraction of sp³-hybridized carbons (Fsp3) is 0.500. The maximum atomic E-state index is 11.6. The lowest BCUT2D eigenvalue weighted by Gasteiger charge is -2.20. The van der Waals surface area contributed by atoms with E-state index in [4.69, 9.17) is 5.73 Å². The van der Waals surface area contributed by atoms with Crippen molar-refractivity contribution in [3.05, 3.63) is 23.9 Å². The van der Waals surface area contributed by atoms with Crippen LogP contribution in [0.5, 0.6) is 0 Å². The van der Waals surface area contributed by atoms with Crippen LogP contribution in [0.15, 0.2) is 18.3 Å². The molecule has 0 aliphatic carbocycles. The Morgan fingerprint density at radius 1 is 1.59 bits per heavy atom. The van der Waals surface area contributed by atoms with Crippen molar-refractivity contribution in [1.29, 1.82) is 0 Å².